The zero-order chi connectivity index (χ0) is 14.1. The number of aromatic nitrogens is 1. The number of likely N-dealkylation sites (tertiary alicyclic amines) is 1. The van der Waals surface area contributed by atoms with Crippen LogP contribution < -0.4 is 0 Å². The van der Waals surface area contributed by atoms with Crippen molar-refractivity contribution < 1.29 is 0 Å². The van der Waals surface area contributed by atoms with Gasteiger partial charge in [-0.15, -0.1) is 11.3 Å². The number of thiazole rings is 1. The summed E-state index contributed by atoms with van der Waals surface area (Å²) in [6, 6.07) is 2.29. The van der Waals surface area contributed by atoms with E-state index in [0.29, 0.717) is 6.04 Å². The molecule has 0 unspecified atom stereocenters. The Bertz CT molecular complexity index is 443. The van der Waals surface area contributed by atoms with Crippen LogP contribution in [0.2, 0.25) is 0 Å². The summed E-state index contributed by atoms with van der Waals surface area (Å²) in [6.45, 7) is 10.4. The number of aryl methyl sites for hydroxylation is 1. The van der Waals surface area contributed by atoms with E-state index < -0.39 is 0 Å². The quantitative estimate of drug-likeness (QED) is 0.850. The van der Waals surface area contributed by atoms with E-state index in [4.69, 9.17) is 4.98 Å². The molecule has 1 aromatic rings. The lowest BCUT2D eigenvalue weighted by Crippen LogP contribution is -2.43. The minimum atomic E-state index is 0.693. The molecule has 0 saturated carbocycles. The third-order valence-corrected chi connectivity index (χ3v) is 5.85. The average molecular weight is 293 g/mol. The molecule has 0 radical (unpaired) electrons. The van der Waals surface area contributed by atoms with E-state index in [-0.39, 0.29) is 0 Å². The third-order valence-electron chi connectivity index (χ3n) is 4.81. The molecule has 3 heterocycles. The molecule has 2 aliphatic heterocycles. The minimum Gasteiger partial charge on any atom is -0.296 e. The van der Waals surface area contributed by atoms with Gasteiger partial charge < -0.3 is 0 Å². The van der Waals surface area contributed by atoms with Gasteiger partial charge in [0.25, 0.3) is 0 Å². The fourth-order valence-corrected chi connectivity index (χ4v) is 4.72. The Morgan fingerprint density at radius 2 is 2.10 bits per heavy atom. The van der Waals surface area contributed by atoms with Gasteiger partial charge in [0, 0.05) is 43.1 Å². The summed E-state index contributed by atoms with van der Waals surface area (Å²) in [5, 5.41) is 3.53. The van der Waals surface area contributed by atoms with E-state index in [9.17, 15) is 0 Å². The van der Waals surface area contributed by atoms with E-state index >= 15 is 0 Å². The lowest BCUT2D eigenvalue weighted by Gasteiger charge is -2.32. The van der Waals surface area contributed by atoms with E-state index in [2.05, 4.69) is 36.0 Å². The highest BCUT2D eigenvalue weighted by Crippen LogP contribution is 2.32. The second-order valence-corrected chi connectivity index (χ2v) is 7.48. The second kappa shape index (κ2) is 6.12. The molecule has 0 aromatic carbocycles. The van der Waals surface area contributed by atoms with Gasteiger partial charge >= 0.3 is 0 Å². The van der Waals surface area contributed by atoms with Crippen LogP contribution in [0.25, 0.3) is 0 Å². The first kappa shape index (κ1) is 14.5. The maximum atomic E-state index is 4.73. The van der Waals surface area contributed by atoms with Crippen LogP contribution in [-0.2, 0) is 13.0 Å². The predicted molar refractivity (Wildman–Crippen MR) is 85.2 cm³/mol. The Morgan fingerprint density at radius 3 is 2.80 bits per heavy atom. The van der Waals surface area contributed by atoms with Crippen molar-refractivity contribution in [1.29, 1.82) is 0 Å². The van der Waals surface area contributed by atoms with Crippen LogP contribution in [0.4, 0.5) is 0 Å². The van der Waals surface area contributed by atoms with E-state index in [1.54, 1.807) is 0 Å². The standard InChI is InChI=1S/C16H27N3S/c1-4-16-17-13(11-20-16)9-18-8-7-14-5-6-15(10-18)19(14)12(2)3/h11-12,14-15H,4-10H2,1-3H3/t14-,15-/m0/s1. The summed E-state index contributed by atoms with van der Waals surface area (Å²) >= 11 is 1.82. The molecular weight excluding hydrogens is 266 g/mol. The van der Waals surface area contributed by atoms with Gasteiger partial charge in [0.05, 0.1) is 10.7 Å². The van der Waals surface area contributed by atoms with Crippen LogP contribution >= 0.6 is 11.3 Å². The summed E-state index contributed by atoms with van der Waals surface area (Å²) in [5.41, 5.74) is 1.28. The molecule has 112 valence electrons. The van der Waals surface area contributed by atoms with Crippen molar-refractivity contribution in [2.45, 2.75) is 71.1 Å². The lowest BCUT2D eigenvalue weighted by molar-refractivity contribution is 0.145. The normalized spacial score (nSPS) is 28.2. The van der Waals surface area contributed by atoms with Gasteiger partial charge in [-0.05, 0) is 39.5 Å². The summed E-state index contributed by atoms with van der Waals surface area (Å²) < 4.78 is 0. The molecule has 20 heavy (non-hydrogen) atoms. The molecule has 2 aliphatic rings. The van der Waals surface area contributed by atoms with Gasteiger partial charge in [0.1, 0.15) is 0 Å². The SMILES string of the molecule is CCc1nc(CN2CC[C@@H]3CC[C@@H](C2)N3C(C)C)cs1. The van der Waals surface area contributed by atoms with Gasteiger partial charge in [-0.25, -0.2) is 4.98 Å². The second-order valence-electron chi connectivity index (χ2n) is 6.54. The van der Waals surface area contributed by atoms with E-state index in [1.165, 1.54) is 43.1 Å². The fourth-order valence-electron chi connectivity index (χ4n) is 3.98. The minimum absolute atomic E-state index is 0.693. The van der Waals surface area contributed by atoms with Crippen LogP contribution in [0, 0.1) is 0 Å². The Kier molecular flexibility index (Phi) is 4.43. The van der Waals surface area contributed by atoms with Crippen LogP contribution in [0.5, 0.6) is 0 Å². The van der Waals surface area contributed by atoms with Crippen molar-refractivity contribution in [2.24, 2.45) is 0 Å². The average Bonchev–Trinajstić information content (AvgIpc) is 2.96. The maximum absolute atomic E-state index is 4.73. The molecule has 1 aromatic heterocycles. The third kappa shape index (κ3) is 2.92. The van der Waals surface area contributed by atoms with Crippen molar-refractivity contribution in [2.75, 3.05) is 13.1 Å². The monoisotopic (exact) mass is 293 g/mol. The van der Waals surface area contributed by atoms with Crippen molar-refractivity contribution >= 4 is 11.3 Å². The Balaban J connectivity index is 1.65. The smallest absolute Gasteiger partial charge is 0.0926 e. The van der Waals surface area contributed by atoms with Crippen molar-refractivity contribution in [3.05, 3.63) is 16.1 Å². The van der Waals surface area contributed by atoms with Crippen LogP contribution in [0.1, 0.15) is 50.7 Å². The van der Waals surface area contributed by atoms with Gasteiger partial charge in [0.15, 0.2) is 0 Å². The van der Waals surface area contributed by atoms with Gasteiger partial charge in [-0.1, -0.05) is 6.92 Å². The number of rotatable bonds is 4. The molecule has 3 nitrogen and oxygen atoms in total. The van der Waals surface area contributed by atoms with Crippen molar-refractivity contribution in [3.63, 3.8) is 0 Å². The highest BCUT2D eigenvalue weighted by molar-refractivity contribution is 7.09. The van der Waals surface area contributed by atoms with Crippen molar-refractivity contribution in [1.82, 2.24) is 14.8 Å². The molecule has 2 bridgehead atoms. The summed E-state index contributed by atoms with van der Waals surface area (Å²) in [7, 11) is 0. The van der Waals surface area contributed by atoms with Crippen LogP contribution in [-0.4, -0.2) is 46.0 Å². The zero-order valence-electron chi connectivity index (χ0n) is 13.0. The molecule has 0 N–H and O–H groups in total. The summed E-state index contributed by atoms with van der Waals surface area (Å²) in [4.78, 5) is 10.1. The molecule has 0 amide bonds. The van der Waals surface area contributed by atoms with E-state index in [1.807, 2.05) is 11.3 Å². The Labute approximate surface area is 127 Å². The molecular formula is C16H27N3S. The van der Waals surface area contributed by atoms with E-state index in [0.717, 1.165) is 25.0 Å². The molecule has 4 heteroatoms. The van der Waals surface area contributed by atoms with Gasteiger partial charge in [0.2, 0.25) is 0 Å². The predicted octanol–water partition coefficient (Wildman–Crippen LogP) is 3.15. The Hall–Kier alpha value is -0.450. The fraction of sp³-hybridized carbons (Fsp3) is 0.812. The molecule has 0 aliphatic carbocycles. The van der Waals surface area contributed by atoms with Gasteiger partial charge in [-0.3, -0.25) is 9.80 Å². The highest BCUT2D eigenvalue weighted by Gasteiger charge is 2.38. The number of fused-ring (bicyclic) bond motifs is 2. The van der Waals surface area contributed by atoms with Crippen LogP contribution in [0.15, 0.2) is 5.38 Å². The number of hydrogen-bond acceptors (Lipinski definition) is 4. The zero-order valence-corrected chi connectivity index (χ0v) is 13.8. The highest BCUT2D eigenvalue weighted by atomic mass is 32.1. The largest absolute Gasteiger partial charge is 0.296 e. The first-order chi connectivity index (χ1) is 9.67. The Morgan fingerprint density at radius 1 is 1.30 bits per heavy atom. The van der Waals surface area contributed by atoms with Gasteiger partial charge in [-0.2, -0.15) is 0 Å². The van der Waals surface area contributed by atoms with Crippen molar-refractivity contribution in [3.8, 4) is 0 Å². The summed E-state index contributed by atoms with van der Waals surface area (Å²) in [5.74, 6) is 0. The summed E-state index contributed by atoms with van der Waals surface area (Å²) in [6.07, 6.45) is 5.19. The lowest BCUT2D eigenvalue weighted by atomic mass is 10.1. The first-order valence-electron chi connectivity index (χ1n) is 8.10. The number of nitrogens with zero attached hydrogens (tertiary/aromatic N) is 3. The topological polar surface area (TPSA) is 19.4 Å². The molecule has 2 fully saturated rings. The first-order valence-corrected chi connectivity index (χ1v) is 8.98. The molecule has 2 saturated heterocycles. The molecule has 2 atom stereocenters. The number of hydrogen-bond donors (Lipinski definition) is 0. The van der Waals surface area contributed by atoms with Crippen LogP contribution in [0.3, 0.4) is 0 Å². The molecule has 3 rings (SSSR count). The maximum Gasteiger partial charge on any atom is 0.0926 e. The molecule has 0 spiro atoms.